The number of aliphatic hydroxyl groups excluding tert-OH is 2. The van der Waals surface area contributed by atoms with Crippen LogP contribution in [-0.2, 0) is 9.30 Å². The second-order valence-corrected chi connectivity index (χ2v) is 4.69. The first-order valence-corrected chi connectivity index (χ1v) is 5.75. The highest BCUT2D eigenvalue weighted by Gasteiger charge is 2.38. The molecule has 0 bridgehead atoms. The summed E-state index contributed by atoms with van der Waals surface area (Å²) in [5.41, 5.74) is 0. The normalized spacial score (nSPS) is 39.4. The molecule has 0 saturated carbocycles. The number of rotatable bonds is 2. The van der Waals surface area contributed by atoms with Crippen LogP contribution in [0.4, 0.5) is 0 Å². The average molecular weight is 222 g/mol. The Balaban J connectivity index is 2.64. The highest BCUT2D eigenvalue weighted by molar-refractivity contribution is 7.55. The molecule has 4 atom stereocenters. The van der Waals surface area contributed by atoms with E-state index in [2.05, 4.69) is 0 Å². The third kappa shape index (κ3) is 2.91. The number of aliphatic hydroxyl groups is 2. The molecule has 1 rings (SSSR count). The highest BCUT2D eigenvalue weighted by atomic mass is 31.2. The van der Waals surface area contributed by atoms with Crippen LogP contribution in [0.25, 0.3) is 0 Å². The lowest BCUT2D eigenvalue weighted by atomic mass is 9.93. The van der Waals surface area contributed by atoms with Crippen LogP contribution < -0.4 is 0 Å². The molecule has 0 aliphatic carbocycles. The van der Waals surface area contributed by atoms with Gasteiger partial charge in [-0.2, -0.15) is 0 Å². The summed E-state index contributed by atoms with van der Waals surface area (Å²) in [7, 11) is -2.67. The average Bonchev–Trinajstić information content (AvgIpc) is 2.28. The number of ether oxygens (including phenoxy) is 1. The van der Waals surface area contributed by atoms with Gasteiger partial charge in [-0.1, -0.05) is 0 Å². The molecule has 1 aliphatic rings. The molecule has 0 aromatic carbocycles. The van der Waals surface area contributed by atoms with E-state index in [1.807, 2.05) is 0 Å². The van der Waals surface area contributed by atoms with Gasteiger partial charge >= 0.3 is 7.60 Å². The predicted molar refractivity (Wildman–Crippen MR) is 50.4 cm³/mol. The maximum Gasteiger partial charge on any atom is 0.348 e. The second-order valence-electron chi connectivity index (χ2n) is 3.22. The van der Waals surface area contributed by atoms with Crippen molar-refractivity contribution in [3.63, 3.8) is 0 Å². The SMILES string of the molecule is BC1OC(/C=C/P(=O)(O)O)C(O)C1O. The Morgan fingerprint density at radius 3 is 2.21 bits per heavy atom. The van der Waals surface area contributed by atoms with Gasteiger partial charge < -0.3 is 24.7 Å². The smallest absolute Gasteiger partial charge is 0.348 e. The molecule has 0 aromatic rings. The van der Waals surface area contributed by atoms with Crippen molar-refractivity contribution in [2.24, 2.45) is 0 Å². The maximum atomic E-state index is 10.5. The van der Waals surface area contributed by atoms with Crippen molar-refractivity contribution >= 4 is 15.4 Å². The predicted octanol–water partition coefficient (Wildman–Crippen LogP) is -2.24. The Morgan fingerprint density at radius 1 is 1.29 bits per heavy atom. The molecule has 4 N–H and O–H groups in total. The Labute approximate surface area is 81.8 Å². The van der Waals surface area contributed by atoms with Crippen molar-refractivity contribution in [1.82, 2.24) is 0 Å². The minimum atomic E-state index is -4.24. The molecule has 1 aliphatic heterocycles. The molecule has 1 fully saturated rings. The fourth-order valence-electron chi connectivity index (χ4n) is 1.24. The lowest BCUT2D eigenvalue weighted by Gasteiger charge is -2.10. The molecule has 8 heteroatoms. The van der Waals surface area contributed by atoms with E-state index < -0.39 is 31.9 Å². The van der Waals surface area contributed by atoms with Crippen LogP contribution >= 0.6 is 7.60 Å². The first-order chi connectivity index (χ1) is 6.31. The van der Waals surface area contributed by atoms with Crippen molar-refractivity contribution in [3.8, 4) is 0 Å². The van der Waals surface area contributed by atoms with E-state index in [9.17, 15) is 14.8 Å². The van der Waals surface area contributed by atoms with Gasteiger partial charge in [-0.3, -0.25) is 4.57 Å². The molecule has 0 radical (unpaired) electrons. The molecular formula is C6H12BO6P. The zero-order valence-electron chi connectivity index (χ0n) is 7.52. The minimum absolute atomic E-state index is 0.545. The summed E-state index contributed by atoms with van der Waals surface area (Å²) in [5.74, 6) is 0.658. The van der Waals surface area contributed by atoms with Gasteiger partial charge in [0.25, 0.3) is 0 Å². The maximum absolute atomic E-state index is 10.5. The van der Waals surface area contributed by atoms with Gasteiger partial charge in [-0.15, -0.1) is 0 Å². The van der Waals surface area contributed by atoms with E-state index in [0.717, 1.165) is 6.08 Å². The lowest BCUT2D eigenvalue weighted by Crippen LogP contribution is -2.31. The van der Waals surface area contributed by atoms with E-state index in [1.54, 1.807) is 7.85 Å². The fraction of sp³-hybridized carbons (Fsp3) is 0.667. The van der Waals surface area contributed by atoms with Gasteiger partial charge in [-0.25, -0.2) is 0 Å². The largest absolute Gasteiger partial charge is 0.388 e. The molecule has 4 unspecified atom stereocenters. The molecule has 0 spiro atoms. The third-order valence-corrected chi connectivity index (χ3v) is 2.57. The molecule has 6 nitrogen and oxygen atoms in total. The zero-order valence-corrected chi connectivity index (χ0v) is 8.41. The van der Waals surface area contributed by atoms with Crippen molar-refractivity contribution in [1.29, 1.82) is 0 Å². The van der Waals surface area contributed by atoms with Crippen molar-refractivity contribution in [3.05, 3.63) is 11.9 Å². The number of hydrogen-bond donors (Lipinski definition) is 4. The van der Waals surface area contributed by atoms with Crippen LogP contribution in [0.3, 0.4) is 0 Å². The molecule has 14 heavy (non-hydrogen) atoms. The van der Waals surface area contributed by atoms with Crippen LogP contribution in [-0.4, -0.2) is 52.2 Å². The van der Waals surface area contributed by atoms with Crippen LogP contribution in [0.5, 0.6) is 0 Å². The van der Waals surface area contributed by atoms with Crippen LogP contribution in [0.15, 0.2) is 11.9 Å². The first-order valence-electron chi connectivity index (χ1n) is 4.07. The molecule has 80 valence electrons. The summed E-state index contributed by atoms with van der Waals surface area (Å²) < 4.78 is 15.5. The van der Waals surface area contributed by atoms with E-state index in [-0.39, 0.29) is 0 Å². The van der Waals surface area contributed by atoms with Crippen LogP contribution in [0.1, 0.15) is 0 Å². The molecule has 1 saturated heterocycles. The minimum Gasteiger partial charge on any atom is -0.388 e. The summed E-state index contributed by atoms with van der Waals surface area (Å²) in [6, 6.07) is -0.545. The van der Waals surface area contributed by atoms with E-state index in [0.29, 0.717) is 5.82 Å². The summed E-state index contributed by atoms with van der Waals surface area (Å²) in [5, 5.41) is 18.6. The van der Waals surface area contributed by atoms with E-state index in [4.69, 9.17) is 14.5 Å². The zero-order chi connectivity index (χ0) is 10.9. The van der Waals surface area contributed by atoms with Crippen molar-refractivity contribution in [2.45, 2.75) is 24.3 Å². The molecular weight excluding hydrogens is 210 g/mol. The summed E-state index contributed by atoms with van der Waals surface area (Å²) in [6.45, 7) is 0. The molecule has 1 heterocycles. The summed E-state index contributed by atoms with van der Waals surface area (Å²) >= 11 is 0. The quantitative estimate of drug-likeness (QED) is 0.310. The highest BCUT2D eigenvalue weighted by Crippen LogP contribution is 2.37. The Hall–Kier alpha value is -0.165. The first kappa shape index (κ1) is 11.9. The second kappa shape index (κ2) is 4.14. The monoisotopic (exact) mass is 222 g/mol. The standard InChI is InChI=1S/C6H12BO6P/c7-6-5(9)4(8)3(13-6)1-2-14(10,11)12/h1-6,8-9H,7H2,(H2,10,11,12)/b2-1+. The summed E-state index contributed by atoms with van der Waals surface area (Å²) in [4.78, 5) is 17.0. The van der Waals surface area contributed by atoms with Gasteiger partial charge in [-0.05, 0) is 6.08 Å². The lowest BCUT2D eigenvalue weighted by molar-refractivity contribution is 0.0413. The van der Waals surface area contributed by atoms with E-state index in [1.165, 1.54) is 0 Å². The van der Waals surface area contributed by atoms with Gasteiger partial charge in [0.05, 0.1) is 6.00 Å². The van der Waals surface area contributed by atoms with Crippen LogP contribution in [0, 0.1) is 0 Å². The Morgan fingerprint density at radius 2 is 1.86 bits per heavy atom. The molecule has 0 amide bonds. The topological polar surface area (TPSA) is 107 Å². The van der Waals surface area contributed by atoms with E-state index >= 15 is 0 Å². The molecule has 0 aromatic heterocycles. The van der Waals surface area contributed by atoms with Gasteiger partial charge in [0, 0.05) is 5.82 Å². The third-order valence-electron chi connectivity index (χ3n) is 2.01. The van der Waals surface area contributed by atoms with Crippen molar-refractivity contribution < 1.29 is 29.3 Å². The Bertz CT molecular complexity index is 275. The van der Waals surface area contributed by atoms with Crippen molar-refractivity contribution in [2.75, 3.05) is 0 Å². The van der Waals surface area contributed by atoms with Gasteiger partial charge in [0.2, 0.25) is 0 Å². The Kier molecular flexibility index (Phi) is 3.52. The van der Waals surface area contributed by atoms with Crippen LogP contribution in [0.2, 0.25) is 0 Å². The number of hydrogen-bond acceptors (Lipinski definition) is 4. The summed E-state index contributed by atoms with van der Waals surface area (Å²) in [6.07, 6.45) is -1.97. The van der Waals surface area contributed by atoms with Gasteiger partial charge in [0.1, 0.15) is 26.2 Å². The fourth-order valence-corrected chi connectivity index (χ4v) is 1.63. The van der Waals surface area contributed by atoms with Gasteiger partial charge in [0.15, 0.2) is 0 Å².